The van der Waals surface area contributed by atoms with Gasteiger partial charge in [0.05, 0.1) is 6.07 Å². The van der Waals surface area contributed by atoms with Gasteiger partial charge in [0.2, 0.25) is 0 Å². The van der Waals surface area contributed by atoms with Gasteiger partial charge in [-0.1, -0.05) is 120 Å². The summed E-state index contributed by atoms with van der Waals surface area (Å²) < 4.78 is 5.71. The SMILES string of the molecule is CCCCCCCCCCCCc1ccc(-c2ccc(C3CCC(OC(=O)C(C)(C#N)CC)CC3)cc2)cc1. The van der Waals surface area contributed by atoms with Gasteiger partial charge in [-0.3, -0.25) is 4.79 Å². The van der Waals surface area contributed by atoms with Crippen LogP contribution >= 0.6 is 0 Å². The van der Waals surface area contributed by atoms with E-state index in [1.54, 1.807) is 6.92 Å². The Morgan fingerprint density at radius 1 is 0.795 bits per heavy atom. The summed E-state index contributed by atoms with van der Waals surface area (Å²) in [6.45, 7) is 5.82. The quantitative estimate of drug-likeness (QED) is 0.160. The monoisotopic (exact) mass is 529 g/mol. The Labute approximate surface area is 238 Å². The fraction of sp³-hybridized carbons (Fsp3) is 0.611. The van der Waals surface area contributed by atoms with Crippen LogP contribution in [0.2, 0.25) is 0 Å². The molecule has 2 aromatic rings. The number of rotatable bonds is 16. The van der Waals surface area contributed by atoms with Crippen molar-refractivity contribution < 1.29 is 9.53 Å². The zero-order valence-electron chi connectivity index (χ0n) is 24.9. The van der Waals surface area contributed by atoms with Crippen LogP contribution in [0.5, 0.6) is 0 Å². The number of nitriles is 1. The van der Waals surface area contributed by atoms with Crippen molar-refractivity contribution in [3.8, 4) is 17.2 Å². The third kappa shape index (κ3) is 9.82. The van der Waals surface area contributed by atoms with Crippen molar-refractivity contribution in [1.82, 2.24) is 0 Å². The predicted octanol–water partition coefficient (Wildman–Crippen LogP) is 10.3. The van der Waals surface area contributed by atoms with E-state index in [1.165, 1.54) is 92.9 Å². The van der Waals surface area contributed by atoms with Gasteiger partial charge in [0, 0.05) is 0 Å². The molecule has 1 fully saturated rings. The molecular weight excluding hydrogens is 478 g/mol. The van der Waals surface area contributed by atoms with Crippen molar-refractivity contribution in [2.75, 3.05) is 0 Å². The highest BCUT2D eigenvalue weighted by Crippen LogP contribution is 2.36. The van der Waals surface area contributed by atoms with Crippen LogP contribution in [0.15, 0.2) is 48.5 Å². The summed E-state index contributed by atoms with van der Waals surface area (Å²) >= 11 is 0. The van der Waals surface area contributed by atoms with Gasteiger partial charge in [-0.25, -0.2) is 0 Å². The molecule has 1 saturated carbocycles. The second-order valence-electron chi connectivity index (χ2n) is 11.9. The Hall–Kier alpha value is -2.60. The normalized spacial score (nSPS) is 18.7. The van der Waals surface area contributed by atoms with E-state index < -0.39 is 5.41 Å². The first kappa shape index (κ1) is 30.9. The first-order chi connectivity index (χ1) is 19.0. The van der Waals surface area contributed by atoms with E-state index in [4.69, 9.17) is 4.74 Å². The van der Waals surface area contributed by atoms with Crippen molar-refractivity contribution >= 4 is 5.97 Å². The Bertz CT molecular complexity index is 1010. The van der Waals surface area contributed by atoms with Gasteiger partial charge < -0.3 is 4.74 Å². The van der Waals surface area contributed by atoms with Crippen LogP contribution in [0, 0.1) is 16.7 Å². The van der Waals surface area contributed by atoms with E-state index in [-0.39, 0.29) is 12.1 Å². The third-order valence-electron chi connectivity index (χ3n) is 8.84. The van der Waals surface area contributed by atoms with Gasteiger partial charge in [0.25, 0.3) is 0 Å². The first-order valence-corrected chi connectivity index (χ1v) is 15.8. The second kappa shape index (κ2) is 16.5. The van der Waals surface area contributed by atoms with Gasteiger partial charge in [-0.2, -0.15) is 5.26 Å². The van der Waals surface area contributed by atoms with Crippen LogP contribution in [-0.4, -0.2) is 12.1 Å². The summed E-state index contributed by atoms with van der Waals surface area (Å²) in [7, 11) is 0. The molecule has 0 heterocycles. The maximum atomic E-state index is 12.4. The number of nitrogens with zero attached hydrogens (tertiary/aromatic N) is 1. The lowest BCUT2D eigenvalue weighted by Crippen LogP contribution is -2.33. The summed E-state index contributed by atoms with van der Waals surface area (Å²) in [6, 6.07) is 20.3. The van der Waals surface area contributed by atoms with Gasteiger partial charge in [0.15, 0.2) is 5.41 Å². The van der Waals surface area contributed by atoms with Crippen LogP contribution in [0.3, 0.4) is 0 Å². The molecule has 3 heteroatoms. The van der Waals surface area contributed by atoms with Crippen molar-refractivity contribution in [2.45, 2.75) is 136 Å². The molecule has 0 aliphatic heterocycles. The number of aryl methyl sites for hydroxylation is 1. The number of esters is 1. The number of hydrogen-bond acceptors (Lipinski definition) is 3. The lowest BCUT2D eigenvalue weighted by Gasteiger charge is -2.30. The third-order valence-corrected chi connectivity index (χ3v) is 8.84. The average molecular weight is 530 g/mol. The topological polar surface area (TPSA) is 50.1 Å². The zero-order valence-corrected chi connectivity index (χ0v) is 24.9. The maximum Gasteiger partial charge on any atom is 0.326 e. The zero-order chi connectivity index (χ0) is 27.9. The smallest absolute Gasteiger partial charge is 0.326 e. The fourth-order valence-corrected chi connectivity index (χ4v) is 5.69. The number of ether oxygens (including phenoxy) is 1. The van der Waals surface area contributed by atoms with Crippen LogP contribution < -0.4 is 0 Å². The molecule has 0 bridgehead atoms. The molecule has 1 unspecified atom stereocenters. The number of hydrogen-bond donors (Lipinski definition) is 0. The minimum atomic E-state index is -1.03. The second-order valence-corrected chi connectivity index (χ2v) is 11.9. The highest BCUT2D eigenvalue weighted by molar-refractivity contribution is 5.79. The Morgan fingerprint density at radius 3 is 1.82 bits per heavy atom. The predicted molar refractivity (Wildman–Crippen MR) is 163 cm³/mol. The van der Waals surface area contributed by atoms with E-state index >= 15 is 0 Å². The Kier molecular flexibility index (Phi) is 13.1. The molecule has 0 saturated heterocycles. The van der Waals surface area contributed by atoms with Crippen molar-refractivity contribution in [3.05, 3.63) is 59.7 Å². The highest BCUT2D eigenvalue weighted by Gasteiger charge is 2.35. The number of carbonyl (C=O) groups is 1. The standard InChI is InChI=1S/C36H51NO2/c1-4-6-7-8-9-10-11-12-13-14-15-29-16-18-30(19-17-29)31-20-22-32(23-21-31)33-24-26-34(27-25-33)39-35(38)36(3,5-2)28-37/h16-23,33-34H,4-15,24-27H2,1-3H3. The lowest BCUT2D eigenvalue weighted by molar-refractivity contribution is -0.159. The van der Waals surface area contributed by atoms with Gasteiger partial charge in [-0.05, 0) is 80.0 Å². The minimum absolute atomic E-state index is 0.0638. The van der Waals surface area contributed by atoms with Gasteiger partial charge in [0.1, 0.15) is 6.10 Å². The van der Waals surface area contributed by atoms with Crippen LogP contribution in [-0.2, 0) is 16.0 Å². The molecule has 2 aromatic carbocycles. The van der Waals surface area contributed by atoms with Crippen LogP contribution in [0.1, 0.15) is 134 Å². The summed E-state index contributed by atoms with van der Waals surface area (Å²) in [5, 5.41) is 9.33. The van der Waals surface area contributed by atoms with E-state index in [1.807, 2.05) is 6.92 Å². The summed E-state index contributed by atoms with van der Waals surface area (Å²) in [5.74, 6) is 0.140. The molecule has 0 spiro atoms. The number of carbonyl (C=O) groups excluding carboxylic acids is 1. The molecule has 0 amide bonds. The minimum Gasteiger partial charge on any atom is -0.461 e. The molecule has 3 rings (SSSR count). The van der Waals surface area contributed by atoms with Crippen molar-refractivity contribution in [2.24, 2.45) is 5.41 Å². The van der Waals surface area contributed by atoms with Crippen LogP contribution in [0.4, 0.5) is 0 Å². The molecule has 1 aliphatic carbocycles. The molecular formula is C36H51NO2. The van der Waals surface area contributed by atoms with Crippen LogP contribution in [0.25, 0.3) is 11.1 Å². The highest BCUT2D eigenvalue weighted by atomic mass is 16.5. The van der Waals surface area contributed by atoms with E-state index in [0.717, 1.165) is 25.7 Å². The van der Waals surface area contributed by atoms with Crippen molar-refractivity contribution in [1.29, 1.82) is 5.26 Å². The van der Waals surface area contributed by atoms with E-state index in [2.05, 4.69) is 61.5 Å². The molecule has 39 heavy (non-hydrogen) atoms. The van der Waals surface area contributed by atoms with Gasteiger partial charge >= 0.3 is 5.97 Å². The molecule has 1 aliphatic rings. The summed E-state index contributed by atoms with van der Waals surface area (Å²) in [5.41, 5.74) is 4.33. The largest absolute Gasteiger partial charge is 0.461 e. The van der Waals surface area contributed by atoms with E-state index in [0.29, 0.717) is 12.3 Å². The molecule has 212 valence electrons. The first-order valence-electron chi connectivity index (χ1n) is 15.8. The number of benzene rings is 2. The molecule has 0 N–H and O–H groups in total. The summed E-state index contributed by atoms with van der Waals surface area (Å²) in [4.78, 5) is 12.4. The fourth-order valence-electron chi connectivity index (χ4n) is 5.69. The average Bonchev–Trinajstić information content (AvgIpc) is 2.98. The summed E-state index contributed by atoms with van der Waals surface area (Å²) in [6.07, 6.45) is 19.2. The molecule has 3 nitrogen and oxygen atoms in total. The van der Waals surface area contributed by atoms with Crippen molar-refractivity contribution in [3.63, 3.8) is 0 Å². The lowest BCUT2D eigenvalue weighted by atomic mass is 9.82. The molecule has 0 aromatic heterocycles. The Morgan fingerprint density at radius 2 is 1.31 bits per heavy atom. The maximum absolute atomic E-state index is 12.4. The number of unbranched alkanes of at least 4 members (excludes halogenated alkanes) is 9. The van der Waals surface area contributed by atoms with Gasteiger partial charge in [-0.15, -0.1) is 0 Å². The molecule has 1 atom stereocenters. The Balaban J connectivity index is 1.37. The van der Waals surface area contributed by atoms with E-state index in [9.17, 15) is 10.1 Å². The molecule has 0 radical (unpaired) electrons.